The number of nitrogens with zero attached hydrogens (tertiary/aromatic N) is 3. The van der Waals surface area contributed by atoms with E-state index in [2.05, 4.69) is 28.1 Å². The van der Waals surface area contributed by atoms with E-state index >= 15 is 0 Å². The molecule has 14 heteroatoms. The van der Waals surface area contributed by atoms with Crippen molar-refractivity contribution in [3.63, 3.8) is 0 Å². The summed E-state index contributed by atoms with van der Waals surface area (Å²) in [5.41, 5.74) is 13.6. The number of fused-ring (bicyclic) bond motifs is 1. The number of imide groups is 1. The summed E-state index contributed by atoms with van der Waals surface area (Å²) in [6, 6.07) is 26.2. The lowest BCUT2D eigenvalue weighted by molar-refractivity contribution is -0.136. The molecule has 1 unspecified atom stereocenters. The molecule has 1 saturated heterocycles. The average molecular weight is 894 g/mol. The van der Waals surface area contributed by atoms with Gasteiger partial charge in [-0.25, -0.2) is 4.79 Å². The summed E-state index contributed by atoms with van der Waals surface area (Å²) in [7, 11) is 1.71. The molecule has 5 aromatic rings. The van der Waals surface area contributed by atoms with Crippen LogP contribution in [0.1, 0.15) is 117 Å². The largest absolute Gasteiger partial charge is 0.370 e. The highest BCUT2D eigenvalue weighted by Gasteiger charge is 2.44. The number of nitrogens with two attached hydrogens (primary N) is 1. The molecule has 0 spiro atoms. The van der Waals surface area contributed by atoms with E-state index in [0.29, 0.717) is 24.8 Å². The van der Waals surface area contributed by atoms with Crippen LogP contribution in [0.2, 0.25) is 0 Å². The molecule has 1 fully saturated rings. The van der Waals surface area contributed by atoms with E-state index in [1.807, 2.05) is 85.8 Å². The van der Waals surface area contributed by atoms with Gasteiger partial charge >= 0.3 is 5.69 Å². The number of unbranched alkanes of at least 4 members (excludes halogenated alkanes) is 4. The molecule has 8 rings (SSSR count). The molecule has 6 amide bonds. The summed E-state index contributed by atoms with van der Waals surface area (Å²) in [6.07, 6.45) is 8.98. The van der Waals surface area contributed by atoms with Crippen molar-refractivity contribution < 1.29 is 28.8 Å². The Hall–Kier alpha value is -6.83. The van der Waals surface area contributed by atoms with Crippen LogP contribution in [0.5, 0.6) is 0 Å². The highest BCUT2D eigenvalue weighted by Crippen LogP contribution is 2.41. The number of nitrogens with one attached hydrogen (secondary N) is 3. The minimum atomic E-state index is -1.07. The van der Waals surface area contributed by atoms with Crippen LogP contribution in [0.3, 0.4) is 0 Å². The lowest BCUT2D eigenvalue weighted by atomic mass is 9.94. The molecule has 344 valence electrons. The highest BCUT2D eigenvalue weighted by atomic mass is 16.2. The zero-order chi connectivity index (χ0) is 46.5. The van der Waals surface area contributed by atoms with Crippen molar-refractivity contribution in [1.29, 1.82) is 0 Å². The third-order valence-corrected chi connectivity index (χ3v) is 13.6. The summed E-state index contributed by atoms with van der Waals surface area (Å²) in [5, 5.41) is 8.42. The van der Waals surface area contributed by atoms with Gasteiger partial charge in [-0.2, -0.15) is 0 Å². The van der Waals surface area contributed by atoms with Crippen LogP contribution in [-0.4, -0.2) is 56.7 Å². The topological polar surface area (TPSA) is 195 Å². The molecular formula is C52H59N7O7. The molecular weight excluding hydrogens is 835 g/mol. The predicted molar refractivity (Wildman–Crippen MR) is 251 cm³/mol. The van der Waals surface area contributed by atoms with E-state index < -0.39 is 47.8 Å². The summed E-state index contributed by atoms with van der Waals surface area (Å²) in [5.74, 6) is -2.64. The number of primary amides is 1. The minimum absolute atomic E-state index is 0.00342. The number of aryl methyl sites for hydroxylation is 4. The Kier molecular flexibility index (Phi) is 14.0. The Bertz CT molecular complexity index is 2670. The predicted octanol–water partition coefficient (Wildman–Crippen LogP) is 5.55. The summed E-state index contributed by atoms with van der Waals surface area (Å²) in [4.78, 5) is 93.6. The van der Waals surface area contributed by atoms with Gasteiger partial charge in [-0.15, -0.1) is 0 Å². The maximum Gasteiger partial charge on any atom is 0.329 e. The lowest BCUT2D eigenvalue weighted by Crippen LogP contribution is -2.55. The summed E-state index contributed by atoms with van der Waals surface area (Å²) < 4.78 is 3.08. The number of aromatic nitrogens is 2. The smallest absolute Gasteiger partial charge is 0.329 e. The van der Waals surface area contributed by atoms with Gasteiger partial charge in [-0.3, -0.25) is 48.1 Å². The van der Waals surface area contributed by atoms with Crippen molar-refractivity contribution in [2.24, 2.45) is 18.7 Å². The van der Waals surface area contributed by atoms with Crippen molar-refractivity contribution in [3.8, 4) is 0 Å². The molecule has 5 N–H and O–H groups in total. The normalized spacial score (nSPS) is 18.5. The Morgan fingerprint density at radius 2 is 1.41 bits per heavy atom. The first-order valence-electron chi connectivity index (χ1n) is 23.4. The van der Waals surface area contributed by atoms with Crippen molar-refractivity contribution in [2.45, 2.75) is 121 Å². The molecule has 4 aromatic carbocycles. The van der Waals surface area contributed by atoms with Crippen LogP contribution < -0.4 is 32.3 Å². The Labute approximate surface area is 384 Å². The Morgan fingerprint density at radius 3 is 2.08 bits per heavy atom. The van der Waals surface area contributed by atoms with Gasteiger partial charge in [-0.05, 0) is 96.9 Å². The molecule has 3 aliphatic rings. The maximum absolute atomic E-state index is 14.4. The Morgan fingerprint density at radius 1 is 0.758 bits per heavy atom. The first kappa shape index (κ1) is 45.7. The molecule has 0 saturated carbocycles. The quantitative estimate of drug-likeness (QED) is 0.0654. The number of carbonyl (C=O) groups is 6. The van der Waals surface area contributed by atoms with E-state index in [0.717, 1.165) is 90.4 Å². The van der Waals surface area contributed by atoms with Gasteiger partial charge in [-0.1, -0.05) is 105 Å². The van der Waals surface area contributed by atoms with E-state index in [4.69, 9.17) is 5.73 Å². The molecule has 0 aliphatic carbocycles. The van der Waals surface area contributed by atoms with Gasteiger partial charge in [0.15, 0.2) is 0 Å². The number of piperidine rings is 1. The zero-order valence-corrected chi connectivity index (χ0v) is 37.7. The number of benzene rings is 4. The SMILES string of the molecule is C[C@H]1CCc2cc(CCCCCCCc3ccc4c(c3)n(C)c(=O)n4C3CCC(=O)NC3=O)cc3c2N(C1=O)[C@H](C(=O)N[C@@H](CCC(N)=O)C(=O)NC(c1ccccc1)c1ccccc1)C3. The van der Waals surface area contributed by atoms with Crippen molar-refractivity contribution in [1.82, 2.24) is 25.1 Å². The van der Waals surface area contributed by atoms with Crippen LogP contribution in [0.15, 0.2) is 95.8 Å². The third kappa shape index (κ3) is 9.87. The van der Waals surface area contributed by atoms with Crippen LogP contribution in [0, 0.1) is 5.92 Å². The number of imidazole rings is 1. The molecule has 4 heterocycles. The fraction of sp³-hybridized carbons (Fsp3) is 0.404. The molecule has 14 nitrogen and oxygen atoms in total. The third-order valence-electron chi connectivity index (χ3n) is 13.6. The molecule has 3 aliphatic heterocycles. The second-order valence-corrected chi connectivity index (χ2v) is 18.2. The van der Waals surface area contributed by atoms with Crippen LogP contribution in [-0.2, 0) is 61.5 Å². The molecule has 0 radical (unpaired) electrons. The summed E-state index contributed by atoms with van der Waals surface area (Å²) >= 11 is 0. The van der Waals surface area contributed by atoms with Gasteiger partial charge < -0.3 is 16.4 Å². The van der Waals surface area contributed by atoms with Crippen LogP contribution in [0.25, 0.3) is 11.0 Å². The standard InChI is InChI=1S/C52H59N7O7/c1-32-20-22-37-28-34(15-9-5-3-4-8-14-33-21-24-40-42(30-33)57(2)52(66)58(40)41-25-27-45(61)55-49(41)63)29-38-31-43(59(47(37)38)51(32)65)50(64)54-39(23-26-44(53)60)48(62)56-46(35-16-10-6-11-17-35)36-18-12-7-13-19-36/h6-7,10-13,16-19,21,24,28-30,32,39,41,43,46H,3-5,8-9,14-15,20,22-23,25-27,31H2,1-2H3,(H2,53,60)(H,54,64)(H,56,62)(H,55,61,63)/t32-,39-,41?,43-/m0/s1. The number of hydrogen-bond donors (Lipinski definition) is 4. The maximum atomic E-state index is 14.4. The fourth-order valence-electron chi connectivity index (χ4n) is 9.99. The highest BCUT2D eigenvalue weighted by molar-refractivity contribution is 6.06. The zero-order valence-electron chi connectivity index (χ0n) is 37.7. The molecule has 4 atom stereocenters. The first-order valence-corrected chi connectivity index (χ1v) is 23.4. The van der Waals surface area contributed by atoms with E-state index in [1.54, 1.807) is 16.5 Å². The monoisotopic (exact) mass is 893 g/mol. The van der Waals surface area contributed by atoms with Crippen LogP contribution in [0.4, 0.5) is 5.69 Å². The van der Waals surface area contributed by atoms with Gasteiger partial charge in [0.1, 0.15) is 18.1 Å². The van der Waals surface area contributed by atoms with Gasteiger partial charge in [0.05, 0.1) is 22.8 Å². The van der Waals surface area contributed by atoms with Crippen molar-refractivity contribution in [2.75, 3.05) is 4.90 Å². The van der Waals surface area contributed by atoms with E-state index in [9.17, 15) is 33.6 Å². The minimum Gasteiger partial charge on any atom is -0.370 e. The number of hydrogen-bond acceptors (Lipinski definition) is 7. The number of anilines is 1. The summed E-state index contributed by atoms with van der Waals surface area (Å²) in [6.45, 7) is 1.90. The van der Waals surface area contributed by atoms with Crippen molar-refractivity contribution in [3.05, 3.63) is 135 Å². The molecule has 66 heavy (non-hydrogen) atoms. The number of rotatable bonds is 18. The first-order chi connectivity index (χ1) is 31.9. The average Bonchev–Trinajstić information content (AvgIpc) is 3.78. The second kappa shape index (κ2) is 20.1. The Balaban J connectivity index is 0.886. The van der Waals surface area contributed by atoms with Crippen LogP contribution >= 0.6 is 0 Å². The van der Waals surface area contributed by atoms with Gasteiger partial charge in [0.2, 0.25) is 35.4 Å². The lowest BCUT2D eigenvalue weighted by Gasteiger charge is -2.29. The van der Waals surface area contributed by atoms with E-state index in [1.165, 1.54) is 10.1 Å². The number of carbonyl (C=O) groups excluding carboxylic acids is 6. The second-order valence-electron chi connectivity index (χ2n) is 18.2. The van der Waals surface area contributed by atoms with Crippen molar-refractivity contribution >= 4 is 52.2 Å². The number of amides is 6. The van der Waals surface area contributed by atoms with E-state index in [-0.39, 0.29) is 42.7 Å². The molecule has 0 bridgehead atoms. The van der Waals surface area contributed by atoms with Gasteiger partial charge in [0, 0.05) is 32.2 Å². The molecule has 1 aromatic heterocycles. The van der Waals surface area contributed by atoms with Gasteiger partial charge in [0.25, 0.3) is 0 Å². The fourth-order valence-corrected chi connectivity index (χ4v) is 9.99.